The van der Waals surface area contributed by atoms with Crippen LogP contribution in [0.5, 0.6) is 0 Å². The van der Waals surface area contributed by atoms with Gasteiger partial charge < -0.3 is 15.0 Å². The summed E-state index contributed by atoms with van der Waals surface area (Å²) in [7, 11) is 1.56. The number of nitro benzene ring substituents is 1. The number of carbonyl (C=O) groups is 1. The Morgan fingerprint density at radius 3 is 2.84 bits per heavy atom. The van der Waals surface area contributed by atoms with Crippen LogP contribution in [0.1, 0.15) is 11.1 Å². The standard InChI is InChI=1S/C17H20N4O4/c1-13-5-6-15(21(23)24)10-16(13)19-17(22)20(8-9-25-2)12-14-4-3-7-18-11-14/h3-7,10-11H,8-9,12H2,1-2H3,(H,19,22). The Morgan fingerprint density at radius 2 is 2.20 bits per heavy atom. The number of non-ortho nitro benzene ring substituents is 1. The van der Waals surface area contributed by atoms with Gasteiger partial charge in [-0.15, -0.1) is 0 Å². The highest BCUT2D eigenvalue weighted by Gasteiger charge is 2.17. The first-order valence-corrected chi connectivity index (χ1v) is 7.70. The molecule has 0 spiro atoms. The van der Waals surface area contributed by atoms with Crippen molar-refractivity contribution in [1.82, 2.24) is 9.88 Å². The lowest BCUT2D eigenvalue weighted by Crippen LogP contribution is -2.37. The van der Waals surface area contributed by atoms with E-state index in [1.807, 2.05) is 6.07 Å². The maximum Gasteiger partial charge on any atom is 0.322 e. The number of nitrogens with zero attached hydrogens (tertiary/aromatic N) is 3. The number of nitrogens with one attached hydrogen (secondary N) is 1. The number of hydrogen-bond acceptors (Lipinski definition) is 5. The zero-order valence-corrected chi connectivity index (χ0v) is 14.1. The minimum absolute atomic E-state index is 0.0726. The molecule has 0 saturated carbocycles. The Hall–Kier alpha value is -3.00. The van der Waals surface area contributed by atoms with E-state index >= 15 is 0 Å². The van der Waals surface area contributed by atoms with Crippen LogP contribution in [0, 0.1) is 17.0 Å². The molecular formula is C17H20N4O4. The van der Waals surface area contributed by atoms with Crippen LogP contribution >= 0.6 is 0 Å². The van der Waals surface area contributed by atoms with Crippen LogP contribution in [0.25, 0.3) is 0 Å². The van der Waals surface area contributed by atoms with Crippen LogP contribution in [0.2, 0.25) is 0 Å². The first kappa shape index (κ1) is 18.3. The Balaban J connectivity index is 2.16. The van der Waals surface area contributed by atoms with Gasteiger partial charge in [0.15, 0.2) is 0 Å². The van der Waals surface area contributed by atoms with E-state index in [1.165, 1.54) is 12.1 Å². The average molecular weight is 344 g/mol. The number of nitro groups is 1. The van der Waals surface area contributed by atoms with Gasteiger partial charge in [-0.05, 0) is 24.1 Å². The molecule has 25 heavy (non-hydrogen) atoms. The van der Waals surface area contributed by atoms with Gasteiger partial charge in [0.05, 0.1) is 17.2 Å². The maximum absolute atomic E-state index is 12.6. The van der Waals surface area contributed by atoms with Crippen molar-refractivity contribution in [3.8, 4) is 0 Å². The molecule has 2 aromatic rings. The summed E-state index contributed by atoms with van der Waals surface area (Å²) < 4.78 is 5.06. The molecule has 2 amide bonds. The maximum atomic E-state index is 12.6. The number of anilines is 1. The van der Waals surface area contributed by atoms with Gasteiger partial charge in [-0.3, -0.25) is 15.1 Å². The summed E-state index contributed by atoms with van der Waals surface area (Å²) in [4.78, 5) is 28.7. The van der Waals surface area contributed by atoms with Crippen molar-refractivity contribution in [2.24, 2.45) is 0 Å². The number of carbonyl (C=O) groups excluding carboxylic acids is 1. The van der Waals surface area contributed by atoms with Gasteiger partial charge in [-0.1, -0.05) is 12.1 Å². The molecule has 1 aromatic carbocycles. The lowest BCUT2D eigenvalue weighted by Gasteiger charge is -2.23. The zero-order valence-electron chi connectivity index (χ0n) is 14.1. The Bertz CT molecular complexity index is 737. The smallest absolute Gasteiger partial charge is 0.322 e. The number of aryl methyl sites for hydroxylation is 1. The minimum atomic E-state index is -0.493. The summed E-state index contributed by atoms with van der Waals surface area (Å²) in [5, 5.41) is 13.7. The number of hydrogen-bond donors (Lipinski definition) is 1. The second-order valence-electron chi connectivity index (χ2n) is 5.46. The molecular weight excluding hydrogens is 324 g/mol. The van der Waals surface area contributed by atoms with Gasteiger partial charge in [0.1, 0.15) is 0 Å². The predicted molar refractivity (Wildman–Crippen MR) is 93.4 cm³/mol. The van der Waals surface area contributed by atoms with Crippen molar-refractivity contribution >= 4 is 17.4 Å². The quantitative estimate of drug-likeness (QED) is 0.615. The lowest BCUT2D eigenvalue weighted by molar-refractivity contribution is -0.384. The van der Waals surface area contributed by atoms with Crippen molar-refractivity contribution in [3.05, 3.63) is 64.0 Å². The van der Waals surface area contributed by atoms with Crippen molar-refractivity contribution in [1.29, 1.82) is 0 Å². The highest BCUT2D eigenvalue weighted by atomic mass is 16.6. The summed E-state index contributed by atoms with van der Waals surface area (Å²) in [6.07, 6.45) is 3.35. The van der Waals surface area contributed by atoms with E-state index in [0.29, 0.717) is 25.4 Å². The van der Waals surface area contributed by atoms with E-state index in [1.54, 1.807) is 43.5 Å². The third-order valence-corrected chi connectivity index (χ3v) is 3.62. The number of urea groups is 1. The molecule has 8 nitrogen and oxygen atoms in total. The Kier molecular flexibility index (Phi) is 6.41. The Labute approximate surface area is 145 Å². The number of rotatable bonds is 7. The number of benzene rings is 1. The van der Waals surface area contributed by atoms with Crippen molar-refractivity contribution in [2.75, 3.05) is 25.6 Å². The first-order valence-electron chi connectivity index (χ1n) is 7.70. The topological polar surface area (TPSA) is 97.6 Å². The highest BCUT2D eigenvalue weighted by molar-refractivity contribution is 5.90. The Morgan fingerprint density at radius 1 is 1.40 bits per heavy atom. The number of amides is 2. The van der Waals surface area contributed by atoms with E-state index in [0.717, 1.165) is 11.1 Å². The first-order chi connectivity index (χ1) is 12.0. The SMILES string of the molecule is COCCN(Cc1cccnc1)C(=O)Nc1cc([N+](=O)[O-])ccc1C. The van der Waals surface area contributed by atoms with Crippen LogP contribution in [-0.4, -0.2) is 41.1 Å². The number of aromatic nitrogens is 1. The molecule has 0 aliphatic rings. The van der Waals surface area contributed by atoms with Crippen LogP contribution in [0.4, 0.5) is 16.2 Å². The summed E-state index contributed by atoms with van der Waals surface area (Å²) >= 11 is 0. The summed E-state index contributed by atoms with van der Waals surface area (Å²) in [5.74, 6) is 0. The number of methoxy groups -OCH3 is 1. The number of pyridine rings is 1. The van der Waals surface area contributed by atoms with Crippen LogP contribution in [0.15, 0.2) is 42.7 Å². The molecule has 0 atom stereocenters. The molecule has 0 aliphatic carbocycles. The van der Waals surface area contributed by atoms with E-state index in [2.05, 4.69) is 10.3 Å². The molecule has 0 saturated heterocycles. The molecule has 1 aromatic heterocycles. The van der Waals surface area contributed by atoms with E-state index in [4.69, 9.17) is 4.74 Å². The fourth-order valence-electron chi connectivity index (χ4n) is 2.22. The molecule has 8 heteroatoms. The fraction of sp³-hybridized carbons (Fsp3) is 0.294. The van der Waals surface area contributed by atoms with Gasteiger partial charge >= 0.3 is 6.03 Å². The van der Waals surface area contributed by atoms with Crippen LogP contribution in [-0.2, 0) is 11.3 Å². The van der Waals surface area contributed by atoms with Gasteiger partial charge in [0.25, 0.3) is 5.69 Å². The average Bonchev–Trinajstić information content (AvgIpc) is 2.61. The molecule has 0 unspecified atom stereocenters. The van der Waals surface area contributed by atoms with E-state index < -0.39 is 4.92 Å². The molecule has 2 rings (SSSR count). The summed E-state index contributed by atoms with van der Waals surface area (Å²) in [5.41, 5.74) is 1.96. The third kappa shape index (κ3) is 5.25. The molecule has 1 N–H and O–H groups in total. The van der Waals surface area contributed by atoms with E-state index in [9.17, 15) is 14.9 Å². The van der Waals surface area contributed by atoms with Gasteiger partial charge in [0.2, 0.25) is 0 Å². The molecule has 0 radical (unpaired) electrons. The monoisotopic (exact) mass is 344 g/mol. The van der Waals surface area contributed by atoms with Crippen LogP contribution < -0.4 is 5.32 Å². The molecule has 0 bridgehead atoms. The second kappa shape index (κ2) is 8.74. The molecule has 0 fully saturated rings. The summed E-state index contributed by atoms with van der Waals surface area (Å²) in [6, 6.07) is 7.68. The third-order valence-electron chi connectivity index (χ3n) is 3.62. The molecule has 0 aliphatic heterocycles. The van der Waals surface area contributed by atoms with Crippen molar-refractivity contribution in [2.45, 2.75) is 13.5 Å². The largest absolute Gasteiger partial charge is 0.383 e. The van der Waals surface area contributed by atoms with Gasteiger partial charge in [0, 0.05) is 44.7 Å². The van der Waals surface area contributed by atoms with Crippen molar-refractivity contribution < 1.29 is 14.5 Å². The van der Waals surface area contributed by atoms with Crippen LogP contribution in [0.3, 0.4) is 0 Å². The summed E-state index contributed by atoms with van der Waals surface area (Å²) in [6.45, 7) is 2.89. The lowest BCUT2D eigenvalue weighted by atomic mass is 10.2. The predicted octanol–water partition coefficient (Wildman–Crippen LogP) is 2.98. The normalized spacial score (nSPS) is 10.3. The zero-order chi connectivity index (χ0) is 18.2. The van der Waals surface area contributed by atoms with Gasteiger partial charge in [-0.2, -0.15) is 0 Å². The van der Waals surface area contributed by atoms with E-state index in [-0.39, 0.29) is 11.7 Å². The minimum Gasteiger partial charge on any atom is -0.383 e. The fourth-order valence-corrected chi connectivity index (χ4v) is 2.22. The van der Waals surface area contributed by atoms with Gasteiger partial charge in [-0.25, -0.2) is 4.79 Å². The molecule has 132 valence electrons. The van der Waals surface area contributed by atoms with Crippen molar-refractivity contribution in [3.63, 3.8) is 0 Å². The molecule has 1 heterocycles. The highest BCUT2D eigenvalue weighted by Crippen LogP contribution is 2.22. The number of ether oxygens (including phenoxy) is 1. The second-order valence-corrected chi connectivity index (χ2v) is 5.46.